The molecule has 5 heteroatoms. The van der Waals surface area contributed by atoms with Crippen LogP contribution in [-0.2, 0) is 4.79 Å². The van der Waals surface area contributed by atoms with Crippen molar-refractivity contribution in [2.75, 3.05) is 13.1 Å². The van der Waals surface area contributed by atoms with Crippen molar-refractivity contribution in [2.45, 2.75) is 18.4 Å². The summed E-state index contributed by atoms with van der Waals surface area (Å²) >= 11 is 0. The number of piperidine rings is 1. The summed E-state index contributed by atoms with van der Waals surface area (Å²) in [5, 5.41) is 9.91. The molecule has 0 saturated carbocycles. The number of carbonyl (C=O) groups excluding carboxylic acids is 2. The molecule has 0 aliphatic carbocycles. The number of hydrogen-bond donors (Lipinski definition) is 2. The quantitative estimate of drug-likeness (QED) is 0.780. The summed E-state index contributed by atoms with van der Waals surface area (Å²) in [6.07, 6.45) is 0.391. The van der Waals surface area contributed by atoms with Crippen LogP contribution in [0.1, 0.15) is 23.2 Å². The molecule has 5 nitrogen and oxygen atoms in total. The van der Waals surface area contributed by atoms with Crippen molar-refractivity contribution in [2.24, 2.45) is 5.73 Å². The van der Waals surface area contributed by atoms with Crippen LogP contribution in [0.3, 0.4) is 0 Å². The molecule has 1 aromatic carbocycles. The summed E-state index contributed by atoms with van der Waals surface area (Å²) in [6.45, 7) is 0.681. The van der Waals surface area contributed by atoms with Crippen molar-refractivity contribution < 1.29 is 14.7 Å². The van der Waals surface area contributed by atoms with E-state index in [9.17, 15) is 14.7 Å². The molecule has 0 atom stereocenters. The maximum absolute atomic E-state index is 12.1. The highest BCUT2D eigenvalue weighted by molar-refractivity contribution is 5.94. The van der Waals surface area contributed by atoms with Gasteiger partial charge in [0, 0.05) is 31.5 Å². The normalized spacial score (nSPS) is 18.4. The largest absolute Gasteiger partial charge is 0.380 e. The van der Waals surface area contributed by atoms with E-state index >= 15 is 0 Å². The molecule has 18 heavy (non-hydrogen) atoms. The fourth-order valence-corrected chi connectivity index (χ4v) is 2.09. The van der Waals surface area contributed by atoms with E-state index in [2.05, 4.69) is 0 Å². The molecule has 2 rings (SSSR count). The van der Waals surface area contributed by atoms with Gasteiger partial charge in [0.05, 0.1) is 0 Å². The second kappa shape index (κ2) is 4.78. The van der Waals surface area contributed by atoms with Crippen LogP contribution < -0.4 is 5.73 Å². The van der Waals surface area contributed by atoms with Crippen LogP contribution in [0.4, 0.5) is 0 Å². The zero-order valence-corrected chi connectivity index (χ0v) is 10.0. The zero-order chi connectivity index (χ0) is 13.2. The van der Waals surface area contributed by atoms with Gasteiger partial charge < -0.3 is 15.7 Å². The molecule has 1 aromatic rings. The second-order valence-electron chi connectivity index (χ2n) is 4.55. The third kappa shape index (κ3) is 2.36. The molecule has 96 valence electrons. The first-order valence-corrected chi connectivity index (χ1v) is 5.89. The molecule has 1 heterocycles. The smallest absolute Gasteiger partial charge is 0.253 e. The van der Waals surface area contributed by atoms with E-state index in [1.165, 1.54) is 0 Å². The summed E-state index contributed by atoms with van der Waals surface area (Å²) in [6, 6.07) is 8.95. The van der Waals surface area contributed by atoms with Crippen LogP contribution >= 0.6 is 0 Å². The predicted molar refractivity (Wildman–Crippen MR) is 65.7 cm³/mol. The van der Waals surface area contributed by atoms with Gasteiger partial charge in [-0.15, -0.1) is 0 Å². The fourth-order valence-electron chi connectivity index (χ4n) is 2.09. The van der Waals surface area contributed by atoms with E-state index in [0.717, 1.165) is 0 Å². The second-order valence-corrected chi connectivity index (χ2v) is 4.55. The van der Waals surface area contributed by atoms with Gasteiger partial charge >= 0.3 is 0 Å². The molecule has 1 aliphatic rings. The van der Waals surface area contributed by atoms with E-state index in [0.29, 0.717) is 18.7 Å². The van der Waals surface area contributed by atoms with Gasteiger partial charge in [-0.1, -0.05) is 18.2 Å². The van der Waals surface area contributed by atoms with E-state index in [-0.39, 0.29) is 18.7 Å². The molecule has 1 fully saturated rings. The topological polar surface area (TPSA) is 83.6 Å². The number of hydrogen-bond acceptors (Lipinski definition) is 3. The fraction of sp³-hybridized carbons (Fsp3) is 0.385. The monoisotopic (exact) mass is 248 g/mol. The van der Waals surface area contributed by atoms with Gasteiger partial charge in [-0.25, -0.2) is 0 Å². The number of rotatable bonds is 2. The van der Waals surface area contributed by atoms with E-state index in [4.69, 9.17) is 5.73 Å². The van der Waals surface area contributed by atoms with Crippen molar-refractivity contribution in [3.05, 3.63) is 35.9 Å². The third-order valence-electron chi connectivity index (χ3n) is 3.36. The van der Waals surface area contributed by atoms with Crippen molar-refractivity contribution in [3.63, 3.8) is 0 Å². The number of amides is 2. The van der Waals surface area contributed by atoms with E-state index < -0.39 is 11.5 Å². The summed E-state index contributed by atoms with van der Waals surface area (Å²) in [5.74, 6) is -0.795. The minimum atomic E-state index is -1.46. The minimum absolute atomic E-state index is 0.0814. The predicted octanol–water partition coefficient (Wildman–Crippen LogP) is 0.139. The molecule has 0 aromatic heterocycles. The van der Waals surface area contributed by atoms with Crippen molar-refractivity contribution in [1.82, 2.24) is 4.90 Å². The van der Waals surface area contributed by atoms with Gasteiger partial charge in [0.1, 0.15) is 5.60 Å². The maximum atomic E-state index is 12.1. The first-order chi connectivity index (χ1) is 8.53. The molecule has 3 N–H and O–H groups in total. The molecule has 0 spiro atoms. The highest BCUT2D eigenvalue weighted by Crippen LogP contribution is 2.22. The number of benzene rings is 1. The number of aliphatic hydroxyl groups is 1. The highest BCUT2D eigenvalue weighted by atomic mass is 16.3. The Kier molecular flexibility index (Phi) is 3.34. The molecule has 0 bridgehead atoms. The average Bonchev–Trinajstić information content (AvgIpc) is 2.40. The van der Waals surface area contributed by atoms with Crippen molar-refractivity contribution in [3.8, 4) is 0 Å². The standard InChI is InChI=1S/C13H16N2O3/c14-12(17)13(18)6-8-15(9-7-13)11(16)10-4-2-1-3-5-10/h1-5,18H,6-9H2,(H2,14,17). The lowest BCUT2D eigenvalue weighted by Crippen LogP contribution is -2.53. The van der Waals surface area contributed by atoms with Crippen LogP contribution in [-0.4, -0.2) is 40.5 Å². The summed E-state index contributed by atoms with van der Waals surface area (Å²) in [5.41, 5.74) is 4.29. The molecule has 0 radical (unpaired) electrons. The van der Waals surface area contributed by atoms with Gasteiger partial charge in [0.2, 0.25) is 5.91 Å². The lowest BCUT2D eigenvalue weighted by atomic mass is 9.90. The van der Waals surface area contributed by atoms with Crippen molar-refractivity contribution >= 4 is 11.8 Å². The Bertz CT molecular complexity index is 451. The molecular formula is C13H16N2O3. The molecule has 0 unspecified atom stereocenters. The first-order valence-electron chi connectivity index (χ1n) is 5.89. The van der Waals surface area contributed by atoms with Gasteiger partial charge in [-0.2, -0.15) is 0 Å². The SMILES string of the molecule is NC(=O)C1(O)CCN(C(=O)c2ccccc2)CC1. The van der Waals surface area contributed by atoms with E-state index in [1.54, 1.807) is 29.2 Å². The number of nitrogens with zero attached hydrogens (tertiary/aromatic N) is 1. The van der Waals surface area contributed by atoms with E-state index in [1.807, 2.05) is 6.07 Å². The van der Waals surface area contributed by atoms with Crippen LogP contribution in [0.25, 0.3) is 0 Å². The molecule has 1 aliphatic heterocycles. The minimum Gasteiger partial charge on any atom is -0.380 e. The Morgan fingerprint density at radius 2 is 1.72 bits per heavy atom. The Hall–Kier alpha value is -1.88. The molecule has 2 amide bonds. The first kappa shape index (κ1) is 12.6. The summed E-state index contributed by atoms with van der Waals surface area (Å²) in [4.78, 5) is 24.8. The number of nitrogens with two attached hydrogens (primary N) is 1. The number of likely N-dealkylation sites (tertiary alicyclic amines) is 1. The maximum Gasteiger partial charge on any atom is 0.253 e. The number of carbonyl (C=O) groups is 2. The Balaban J connectivity index is 2.03. The molecule has 1 saturated heterocycles. The van der Waals surface area contributed by atoms with Crippen LogP contribution in [0.15, 0.2) is 30.3 Å². The molecular weight excluding hydrogens is 232 g/mol. The Labute approximate surface area is 105 Å². The van der Waals surface area contributed by atoms with Gasteiger partial charge in [0.25, 0.3) is 5.91 Å². The summed E-state index contributed by atoms with van der Waals surface area (Å²) in [7, 11) is 0. The van der Waals surface area contributed by atoms with Crippen LogP contribution in [0.2, 0.25) is 0 Å². The van der Waals surface area contributed by atoms with Crippen LogP contribution in [0.5, 0.6) is 0 Å². The van der Waals surface area contributed by atoms with Crippen molar-refractivity contribution in [1.29, 1.82) is 0 Å². The van der Waals surface area contributed by atoms with Gasteiger partial charge in [0.15, 0.2) is 0 Å². The van der Waals surface area contributed by atoms with Gasteiger partial charge in [-0.05, 0) is 12.1 Å². The lowest BCUT2D eigenvalue weighted by Gasteiger charge is -2.36. The Morgan fingerprint density at radius 3 is 2.22 bits per heavy atom. The third-order valence-corrected chi connectivity index (χ3v) is 3.36. The highest BCUT2D eigenvalue weighted by Gasteiger charge is 2.38. The zero-order valence-electron chi connectivity index (χ0n) is 10.0. The van der Waals surface area contributed by atoms with Gasteiger partial charge in [-0.3, -0.25) is 9.59 Å². The van der Waals surface area contributed by atoms with Crippen LogP contribution in [0, 0.1) is 0 Å². The number of primary amides is 1. The lowest BCUT2D eigenvalue weighted by molar-refractivity contribution is -0.140. The average molecular weight is 248 g/mol. The Morgan fingerprint density at radius 1 is 1.17 bits per heavy atom. The summed E-state index contributed by atoms with van der Waals surface area (Å²) < 4.78 is 0.